The third-order valence-corrected chi connectivity index (χ3v) is 5.64. The molecule has 0 fully saturated rings. The fraction of sp³-hybridized carbons (Fsp3) is 0.500. The van der Waals surface area contributed by atoms with Crippen LogP contribution in [0.15, 0.2) is 54.6 Å². The molecule has 0 aliphatic rings. The second-order valence-electron chi connectivity index (χ2n) is 9.13. The zero-order valence-corrected chi connectivity index (χ0v) is 20.0. The Morgan fingerprint density at radius 1 is 0.615 bits per heavy atom. The first-order valence-corrected chi connectivity index (χ1v) is 10.9. The molecule has 1 unspecified atom stereocenters. The molecule has 0 saturated heterocycles. The molecule has 0 bridgehead atoms. The molecule has 220 valence electrons. The second-order valence-corrected chi connectivity index (χ2v) is 9.13. The summed E-state index contributed by atoms with van der Waals surface area (Å²) in [6.07, 6.45) is -10.3. The number of aliphatic hydroxyl groups is 1. The number of ether oxygens (including phenoxy) is 1. The lowest BCUT2D eigenvalue weighted by molar-refractivity contribution is -0.441. The molecular weight excluding hydrogens is 567 g/mol. The highest BCUT2D eigenvalue weighted by Crippen LogP contribution is 2.61. The van der Waals surface area contributed by atoms with Crippen LogP contribution in [0.4, 0.5) is 57.1 Å². The predicted molar refractivity (Wildman–Crippen MR) is 112 cm³/mol. The van der Waals surface area contributed by atoms with E-state index in [2.05, 4.69) is 0 Å². The minimum absolute atomic E-state index is 0.0244. The molecular formula is C24H21F13O2. The molecule has 1 atom stereocenters. The highest BCUT2D eigenvalue weighted by molar-refractivity contribution is 5.39. The summed E-state index contributed by atoms with van der Waals surface area (Å²) < 4.78 is 182. The Kier molecular flexibility index (Phi) is 8.63. The Morgan fingerprint density at radius 2 is 1.05 bits per heavy atom. The number of alkyl halides is 13. The van der Waals surface area contributed by atoms with Crippen LogP contribution >= 0.6 is 0 Å². The first kappa shape index (κ1) is 32.5. The Morgan fingerprint density at radius 3 is 1.49 bits per heavy atom. The summed E-state index contributed by atoms with van der Waals surface area (Å²) in [4.78, 5) is 0. The van der Waals surface area contributed by atoms with Crippen molar-refractivity contribution in [1.29, 1.82) is 0 Å². The van der Waals surface area contributed by atoms with Crippen molar-refractivity contribution in [3.63, 3.8) is 0 Å². The van der Waals surface area contributed by atoms with Gasteiger partial charge in [-0.05, 0) is 29.2 Å². The number of hydrogen-bond donors (Lipinski definition) is 1. The summed E-state index contributed by atoms with van der Waals surface area (Å²) in [5.74, 6) is -37.7. The van der Waals surface area contributed by atoms with Crippen molar-refractivity contribution >= 4 is 0 Å². The maximum absolute atomic E-state index is 14.8. The van der Waals surface area contributed by atoms with Crippen molar-refractivity contribution in [3.05, 3.63) is 65.7 Å². The highest BCUT2D eigenvalue weighted by atomic mass is 19.4. The van der Waals surface area contributed by atoms with E-state index in [1.165, 1.54) is 6.07 Å². The summed E-state index contributed by atoms with van der Waals surface area (Å²) in [7, 11) is 0. The number of benzene rings is 2. The monoisotopic (exact) mass is 588 g/mol. The van der Waals surface area contributed by atoms with Gasteiger partial charge in [0.2, 0.25) is 0 Å². The van der Waals surface area contributed by atoms with E-state index in [9.17, 15) is 62.2 Å². The molecule has 2 rings (SSSR count). The molecule has 2 nitrogen and oxygen atoms in total. The molecule has 1 N–H and O–H groups in total. The van der Waals surface area contributed by atoms with Gasteiger partial charge in [0.05, 0.1) is 13.0 Å². The number of halogens is 13. The third kappa shape index (κ3) is 5.64. The summed E-state index contributed by atoms with van der Waals surface area (Å²) in [6, 6.07) is 9.11. The predicted octanol–water partition coefficient (Wildman–Crippen LogP) is 8.09. The Bertz CT molecular complexity index is 1100. The van der Waals surface area contributed by atoms with Crippen LogP contribution in [0, 0.1) is 5.92 Å². The SMILES string of the molecule is CC(C)COc1ccc(C(O)(CC(F)(F)C(F)(F)C(F)(F)C(F)(F)C(F)(F)C(F)(F)F)c2ccccc2)cc1. The van der Waals surface area contributed by atoms with Gasteiger partial charge in [-0.2, -0.15) is 57.1 Å². The second kappa shape index (κ2) is 10.4. The average molecular weight is 588 g/mol. The maximum Gasteiger partial charge on any atom is 0.460 e. The molecule has 0 aliphatic heterocycles. The van der Waals surface area contributed by atoms with Gasteiger partial charge in [0.1, 0.15) is 11.4 Å². The lowest BCUT2D eigenvalue weighted by atomic mass is 9.79. The Hall–Kier alpha value is -2.71. The Balaban J connectivity index is 2.61. The molecule has 0 spiro atoms. The van der Waals surface area contributed by atoms with Crippen molar-refractivity contribution in [1.82, 2.24) is 0 Å². The van der Waals surface area contributed by atoms with E-state index in [1.54, 1.807) is 13.8 Å². The van der Waals surface area contributed by atoms with Crippen LogP contribution in [0.25, 0.3) is 0 Å². The molecule has 0 aromatic heterocycles. The molecule has 0 radical (unpaired) electrons. The van der Waals surface area contributed by atoms with Gasteiger partial charge < -0.3 is 9.84 Å². The van der Waals surface area contributed by atoms with E-state index in [1.807, 2.05) is 0 Å². The smallest absolute Gasteiger partial charge is 0.460 e. The zero-order valence-electron chi connectivity index (χ0n) is 20.0. The fourth-order valence-electron chi connectivity index (χ4n) is 3.41. The van der Waals surface area contributed by atoms with Crippen molar-refractivity contribution in [2.24, 2.45) is 5.92 Å². The van der Waals surface area contributed by atoms with E-state index in [4.69, 9.17) is 4.74 Å². The summed E-state index contributed by atoms with van der Waals surface area (Å²) in [5, 5.41) is 11.1. The van der Waals surface area contributed by atoms with Gasteiger partial charge in [-0.3, -0.25) is 0 Å². The molecule has 15 heteroatoms. The van der Waals surface area contributed by atoms with Gasteiger partial charge in [0.25, 0.3) is 0 Å². The van der Waals surface area contributed by atoms with Crippen LogP contribution in [-0.2, 0) is 5.60 Å². The van der Waals surface area contributed by atoms with Crippen LogP contribution in [0.3, 0.4) is 0 Å². The van der Waals surface area contributed by atoms with Gasteiger partial charge >= 0.3 is 35.8 Å². The van der Waals surface area contributed by atoms with E-state index in [0.717, 1.165) is 48.5 Å². The molecule has 0 aliphatic carbocycles. The molecule has 2 aromatic rings. The van der Waals surface area contributed by atoms with Crippen molar-refractivity contribution in [2.75, 3.05) is 6.61 Å². The van der Waals surface area contributed by atoms with Crippen molar-refractivity contribution in [3.8, 4) is 5.75 Å². The Labute approximate surface area is 213 Å². The van der Waals surface area contributed by atoms with Crippen LogP contribution in [-0.4, -0.2) is 47.5 Å². The largest absolute Gasteiger partial charge is 0.493 e. The van der Waals surface area contributed by atoms with Crippen LogP contribution in [0.2, 0.25) is 0 Å². The van der Waals surface area contributed by atoms with E-state index < -0.39 is 58.9 Å². The summed E-state index contributed by atoms with van der Waals surface area (Å²) in [6.45, 7) is 3.71. The van der Waals surface area contributed by atoms with Gasteiger partial charge in [-0.1, -0.05) is 56.3 Å². The molecule has 0 saturated carbocycles. The van der Waals surface area contributed by atoms with Gasteiger partial charge in [0.15, 0.2) is 0 Å². The quantitative estimate of drug-likeness (QED) is 0.269. The minimum atomic E-state index is -8.02. The average Bonchev–Trinajstić information content (AvgIpc) is 2.82. The molecule has 39 heavy (non-hydrogen) atoms. The summed E-state index contributed by atoms with van der Waals surface area (Å²) >= 11 is 0. The first-order chi connectivity index (χ1) is 17.5. The standard InChI is InChI=1S/C24H21F13O2/c1-14(2)12-39-17-10-8-16(9-11-17)18(38,15-6-4-3-5-7-15)13-19(25,26)20(27,28)21(29,30)22(31,32)23(33,34)24(35,36)37/h3-11,14,38H,12-13H2,1-2H3. The lowest BCUT2D eigenvalue weighted by Crippen LogP contribution is -2.70. The molecule has 2 aromatic carbocycles. The summed E-state index contributed by atoms with van der Waals surface area (Å²) in [5.41, 5.74) is -4.67. The van der Waals surface area contributed by atoms with Crippen LogP contribution in [0.1, 0.15) is 31.4 Å². The fourth-order valence-corrected chi connectivity index (χ4v) is 3.41. The van der Waals surface area contributed by atoms with Gasteiger partial charge in [-0.15, -0.1) is 0 Å². The van der Waals surface area contributed by atoms with Crippen molar-refractivity contribution in [2.45, 2.75) is 61.7 Å². The third-order valence-electron chi connectivity index (χ3n) is 5.64. The molecule has 0 amide bonds. The van der Waals surface area contributed by atoms with E-state index >= 15 is 0 Å². The van der Waals surface area contributed by atoms with Crippen LogP contribution < -0.4 is 4.74 Å². The van der Waals surface area contributed by atoms with Gasteiger partial charge in [0, 0.05) is 0 Å². The highest BCUT2D eigenvalue weighted by Gasteiger charge is 2.90. The molecule has 0 heterocycles. The van der Waals surface area contributed by atoms with E-state index in [0.29, 0.717) is 0 Å². The zero-order chi connectivity index (χ0) is 30.3. The minimum Gasteiger partial charge on any atom is -0.493 e. The lowest BCUT2D eigenvalue weighted by Gasteiger charge is -2.42. The van der Waals surface area contributed by atoms with Crippen LogP contribution in [0.5, 0.6) is 5.75 Å². The first-order valence-electron chi connectivity index (χ1n) is 10.9. The van der Waals surface area contributed by atoms with E-state index in [-0.39, 0.29) is 18.3 Å². The normalized spacial score (nSPS) is 15.8. The maximum atomic E-state index is 14.8. The number of hydrogen-bond acceptors (Lipinski definition) is 2. The van der Waals surface area contributed by atoms with Gasteiger partial charge in [-0.25, -0.2) is 0 Å². The number of rotatable bonds is 11. The topological polar surface area (TPSA) is 29.5 Å². The van der Waals surface area contributed by atoms with Crippen molar-refractivity contribution < 1.29 is 66.9 Å².